The van der Waals surface area contributed by atoms with Gasteiger partial charge in [-0.25, -0.2) is 0 Å². The highest BCUT2D eigenvalue weighted by Crippen LogP contribution is 2.38. The van der Waals surface area contributed by atoms with Gasteiger partial charge < -0.3 is 10.2 Å². The lowest BCUT2D eigenvalue weighted by atomic mass is 9.70. The van der Waals surface area contributed by atoms with Crippen molar-refractivity contribution in [2.24, 2.45) is 11.3 Å². The summed E-state index contributed by atoms with van der Waals surface area (Å²) in [5, 5.41) is 19.3. The molecular weight excluding hydrogens is 316 g/mol. The molecule has 2 N–H and O–H groups in total. The predicted molar refractivity (Wildman–Crippen MR) is 99.6 cm³/mol. The van der Waals surface area contributed by atoms with Gasteiger partial charge in [0.15, 0.2) is 0 Å². The zero-order valence-electron chi connectivity index (χ0n) is 15.5. The number of rotatable bonds is 13. The Morgan fingerprint density at radius 1 is 1.00 bits per heavy atom. The molecule has 0 radical (unpaired) electrons. The third kappa shape index (κ3) is 7.29. The molecule has 4 heteroatoms. The van der Waals surface area contributed by atoms with Gasteiger partial charge in [-0.1, -0.05) is 82.7 Å². The molecule has 0 aliphatic carbocycles. The summed E-state index contributed by atoms with van der Waals surface area (Å²) in [4.78, 5) is 23.6. The quantitative estimate of drug-likeness (QED) is 0.483. The molecule has 0 fully saturated rings. The summed E-state index contributed by atoms with van der Waals surface area (Å²) < 4.78 is 0. The van der Waals surface area contributed by atoms with Crippen molar-refractivity contribution in [2.45, 2.75) is 71.6 Å². The molecule has 0 aliphatic heterocycles. The van der Waals surface area contributed by atoms with E-state index in [0.29, 0.717) is 6.42 Å². The number of aliphatic carboxylic acids is 2. The molecule has 0 spiro atoms. The molecule has 140 valence electrons. The lowest BCUT2D eigenvalue weighted by Gasteiger charge is -2.32. The van der Waals surface area contributed by atoms with E-state index >= 15 is 0 Å². The average molecular weight is 348 g/mol. The second-order valence-corrected chi connectivity index (χ2v) is 7.17. The largest absolute Gasteiger partial charge is 0.481 e. The smallest absolute Gasteiger partial charge is 0.310 e. The van der Waals surface area contributed by atoms with Crippen molar-refractivity contribution in [3.63, 3.8) is 0 Å². The normalized spacial score (nSPS) is 14.6. The molecule has 4 nitrogen and oxygen atoms in total. The van der Waals surface area contributed by atoms with Crippen LogP contribution in [0, 0.1) is 11.3 Å². The van der Waals surface area contributed by atoms with E-state index in [1.54, 1.807) is 0 Å². The van der Waals surface area contributed by atoms with Crippen LogP contribution < -0.4 is 0 Å². The zero-order valence-corrected chi connectivity index (χ0v) is 15.5. The highest BCUT2D eigenvalue weighted by Gasteiger charge is 2.42. The minimum atomic E-state index is -1.24. The fraction of sp³-hybridized carbons (Fsp3) is 0.619. The summed E-state index contributed by atoms with van der Waals surface area (Å²) in [5.74, 6) is -1.77. The third-order valence-corrected chi connectivity index (χ3v) is 4.92. The standard InChI is InChI=1S/C21H32O4/c1-3-5-7-11-17(10-4-2)14-21(20(24)25,16-19(22)23)15-18-12-8-6-9-13-18/h6,8-9,12-13,17H,3-5,7,10-11,14-16H2,1-2H3,(H,22,23)(H,24,25). The monoisotopic (exact) mass is 348 g/mol. The fourth-order valence-electron chi connectivity index (χ4n) is 3.71. The lowest BCUT2D eigenvalue weighted by molar-refractivity contribution is -0.157. The van der Waals surface area contributed by atoms with Crippen LogP contribution in [0.3, 0.4) is 0 Å². The van der Waals surface area contributed by atoms with E-state index in [1.165, 1.54) is 0 Å². The number of benzene rings is 1. The molecule has 1 aromatic rings. The maximum atomic E-state index is 12.2. The van der Waals surface area contributed by atoms with E-state index < -0.39 is 17.4 Å². The van der Waals surface area contributed by atoms with Gasteiger partial charge in [0, 0.05) is 0 Å². The molecule has 0 aromatic heterocycles. The van der Waals surface area contributed by atoms with Crippen LogP contribution in [0.5, 0.6) is 0 Å². The van der Waals surface area contributed by atoms with Crippen molar-refractivity contribution in [3.8, 4) is 0 Å². The van der Waals surface area contributed by atoms with E-state index in [1.807, 2.05) is 30.3 Å². The first-order chi connectivity index (χ1) is 11.9. The maximum Gasteiger partial charge on any atom is 0.310 e. The van der Waals surface area contributed by atoms with E-state index in [4.69, 9.17) is 0 Å². The minimum absolute atomic E-state index is 0.260. The minimum Gasteiger partial charge on any atom is -0.481 e. The Morgan fingerprint density at radius 3 is 2.20 bits per heavy atom. The second kappa shape index (κ2) is 10.9. The SMILES string of the molecule is CCCCCC(CCC)CC(CC(=O)O)(Cc1ccccc1)C(=O)O. The average Bonchev–Trinajstić information content (AvgIpc) is 2.55. The van der Waals surface area contributed by atoms with Crippen LogP contribution in [-0.4, -0.2) is 22.2 Å². The Bertz CT molecular complexity index is 526. The first-order valence-electron chi connectivity index (χ1n) is 9.42. The molecule has 0 aliphatic rings. The topological polar surface area (TPSA) is 74.6 Å². The van der Waals surface area contributed by atoms with Crippen molar-refractivity contribution in [2.75, 3.05) is 0 Å². The van der Waals surface area contributed by atoms with Gasteiger partial charge in [0.2, 0.25) is 0 Å². The summed E-state index contributed by atoms with van der Waals surface area (Å²) >= 11 is 0. The molecule has 25 heavy (non-hydrogen) atoms. The Kier molecular flexibility index (Phi) is 9.25. The Labute approximate surface area is 151 Å². The zero-order chi connectivity index (χ0) is 18.7. The van der Waals surface area contributed by atoms with E-state index in [0.717, 1.165) is 44.1 Å². The van der Waals surface area contributed by atoms with Gasteiger partial charge in [-0.05, 0) is 24.3 Å². The van der Waals surface area contributed by atoms with Crippen LogP contribution in [0.4, 0.5) is 0 Å². The summed E-state index contributed by atoms with van der Waals surface area (Å²) in [5.41, 5.74) is -0.353. The number of carbonyl (C=O) groups is 2. The Hall–Kier alpha value is -1.84. The van der Waals surface area contributed by atoms with Gasteiger partial charge >= 0.3 is 11.9 Å². The summed E-state index contributed by atoms with van der Waals surface area (Å²) in [7, 11) is 0. The van der Waals surface area contributed by atoms with E-state index in [-0.39, 0.29) is 18.8 Å². The molecule has 0 bridgehead atoms. The molecule has 1 aromatic carbocycles. The van der Waals surface area contributed by atoms with Crippen molar-refractivity contribution in [1.82, 2.24) is 0 Å². The van der Waals surface area contributed by atoms with Crippen LogP contribution in [0.2, 0.25) is 0 Å². The van der Waals surface area contributed by atoms with Gasteiger partial charge in [-0.2, -0.15) is 0 Å². The Morgan fingerprint density at radius 2 is 1.68 bits per heavy atom. The first kappa shape index (κ1) is 21.2. The van der Waals surface area contributed by atoms with Crippen LogP contribution in [0.1, 0.15) is 70.8 Å². The predicted octanol–water partition coefficient (Wildman–Crippen LogP) is 5.16. The number of carboxylic acid groups (broad SMARTS) is 2. The lowest BCUT2D eigenvalue weighted by Crippen LogP contribution is -2.38. The summed E-state index contributed by atoms with van der Waals surface area (Å²) in [6.07, 6.45) is 6.63. The molecule has 0 amide bonds. The molecule has 0 saturated carbocycles. The van der Waals surface area contributed by atoms with Crippen molar-refractivity contribution < 1.29 is 19.8 Å². The van der Waals surface area contributed by atoms with Gasteiger partial charge in [0.1, 0.15) is 0 Å². The number of hydrogen-bond acceptors (Lipinski definition) is 2. The second-order valence-electron chi connectivity index (χ2n) is 7.17. The number of unbranched alkanes of at least 4 members (excludes halogenated alkanes) is 2. The first-order valence-corrected chi connectivity index (χ1v) is 9.42. The fourth-order valence-corrected chi connectivity index (χ4v) is 3.71. The van der Waals surface area contributed by atoms with Crippen LogP contribution in [-0.2, 0) is 16.0 Å². The van der Waals surface area contributed by atoms with Gasteiger partial charge in [-0.15, -0.1) is 0 Å². The molecular formula is C21H32O4. The van der Waals surface area contributed by atoms with Crippen LogP contribution in [0.15, 0.2) is 30.3 Å². The van der Waals surface area contributed by atoms with E-state index in [9.17, 15) is 19.8 Å². The maximum absolute atomic E-state index is 12.2. The van der Waals surface area contributed by atoms with Crippen molar-refractivity contribution in [3.05, 3.63) is 35.9 Å². The van der Waals surface area contributed by atoms with Gasteiger partial charge in [0.25, 0.3) is 0 Å². The molecule has 1 rings (SSSR count). The van der Waals surface area contributed by atoms with Crippen molar-refractivity contribution >= 4 is 11.9 Å². The highest BCUT2D eigenvalue weighted by atomic mass is 16.4. The van der Waals surface area contributed by atoms with Crippen LogP contribution >= 0.6 is 0 Å². The van der Waals surface area contributed by atoms with Crippen molar-refractivity contribution in [1.29, 1.82) is 0 Å². The number of carboxylic acids is 2. The Balaban J connectivity index is 3.04. The number of hydrogen-bond donors (Lipinski definition) is 2. The van der Waals surface area contributed by atoms with Gasteiger partial charge in [0.05, 0.1) is 11.8 Å². The molecule has 2 atom stereocenters. The molecule has 0 saturated heterocycles. The van der Waals surface area contributed by atoms with E-state index in [2.05, 4.69) is 13.8 Å². The highest BCUT2D eigenvalue weighted by molar-refractivity contribution is 5.81. The summed E-state index contributed by atoms with van der Waals surface area (Å²) in [6, 6.07) is 9.38. The van der Waals surface area contributed by atoms with Gasteiger partial charge in [-0.3, -0.25) is 9.59 Å². The van der Waals surface area contributed by atoms with Crippen LogP contribution in [0.25, 0.3) is 0 Å². The summed E-state index contributed by atoms with van der Waals surface area (Å²) in [6.45, 7) is 4.25. The third-order valence-electron chi connectivity index (χ3n) is 4.92. The molecule has 2 unspecified atom stereocenters. The molecule has 0 heterocycles.